The van der Waals surface area contributed by atoms with Gasteiger partial charge in [-0.25, -0.2) is 4.98 Å². The highest BCUT2D eigenvalue weighted by Crippen LogP contribution is 2.11. The van der Waals surface area contributed by atoms with Crippen molar-refractivity contribution in [2.75, 3.05) is 17.7 Å². The lowest BCUT2D eigenvalue weighted by atomic mass is 10.1. The van der Waals surface area contributed by atoms with Gasteiger partial charge in [0.05, 0.1) is 7.11 Å². The monoisotopic (exact) mass is 335 g/mol. The fourth-order valence-electron chi connectivity index (χ4n) is 2.13. The van der Waals surface area contributed by atoms with Gasteiger partial charge < -0.3 is 15.4 Å². The van der Waals surface area contributed by atoms with Crippen molar-refractivity contribution in [1.29, 1.82) is 0 Å². The lowest BCUT2D eigenvalue weighted by Crippen LogP contribution is -2.12. The van der Waals surface area contributed by atoms with Gasteiger partial charge in [-0.05, 0) is 29.8 Å². The maximum atomic E-state index is 12.2. The van der Waals surface area contributed by atoms with Crippen molar-refractivity contribution >= 4 is 17.5 Å². The topological polar surface area (TPSA) is 89.0 Å². The summed E-state index contributed by atoms with van der Waals surface area (Å²) in [5, 5.41) is 5.93. The molecule has 2 N–H and O–H groups in total. The molecule has 3 rings (SSSR count). The van der Waals surface area contributed by atoms with E-state index in [1.54, 1.807) is 56.0 Å². The molecular formula is C18H17N5O2. The van der Waals surface area contributed by atoms with Crippen LogP contribution in [0.1, 0.15) is 15.9 Å². The Hall–Kier alpha value is -3.48. The van der Waals surface area contributed by atoms with Crippen molar-refractivity contribution in [3.63, 3.8) is 0 Å². The van der Waals surface area contributed by atoms with E-state index in [1.807, 2.05) is 12.1 Å². The van der Waals surface area contributed by atoms with Gasteiger partial charge in [-0.3, -0.25) is 9.78 Å². The number of aromatic nitrogens is 3. The molecule has 0 saturated heterocycles. The zero-order chi connectivity index (χ0) is 17.5. The number of benzene rings is 1. The van der Waals surface area contributed by atoms with E-state index in [9.17, 15) is 4.79 Å². The Balaban J connectivity index is 1.59. The number of carbonyl (C=O) groups is 1. The Bertz CT molecular complexity index is 838. The van der Waals surface area contributed by atoms with Gasteiger partial charge in [-0.1, -0.05) is 12.1 Å². The molecule has 2 heterocycles. The Labute approximate surface area is 145 Å². The van der Waals surface area contributed by atoms with Crippen molar-refractivity contribution in [2.24, 2.45) is 0 Å². The number of methoxy groups -OCH3 is 1. The van der Waals surface area contributed by atoms with E-state index >= 15 is 0 Å². The van der Waals surface area contributed by atoms with Crippen LogP contribution in [0.25, 0.3) is 0 Å². The van der Waals surface area contributed by atoms with E-state index in [4.69, 9.17) is 4.74 Å². The Morgan fingerprint density at radius 2 is 1.80 bits per heavy atom. The molecule has 1 aromatic carbocycles. The van der Waals surface area contributed by atoms with Crippen molar-refractivity contribution in [1.82, 2.24) is 15.0 Å². The molecule has 126 valence electrons. The predicted molar refractivity (Wildman–Crippen MR) is 94.5 cm³/mol. The lowest BCUT2D eigenvalue weighted by Gasteiger charge is -2.08. The molecule has 7 nitrogen and oxygen atoms in total. The van der Waals surface area contributed by atoms with Gasteiger partial charge in [0, 0.05) is 42.5 Å². The van der Waals surface area contributed by atoms with E-state index in [2.05, 4.69) is 25.6 Å². The highest BCUT2D eigenvalue weighted by molar-refractivity contribution is 6.04. The summed E-state index contributed by atoms with van der Waals surface area (Å²) >= 11 is 0. The minimum atomic E-state index is -0.165. The molecular weight excluding hydrogens is 318 g/mol. The number of nitrogens with one attached hydrogen (secondary N) is 2. The second-order valence-corrected chi connectivity index (χ2v) is 5.16. The molecule has 7 heteroatoms. The van der Waals surface area contributed by atoms with Crippen LogP contribution in [0, 0.1) is 0 Å². The molecule has 0 radical (unpaired) electrons. The highest BCUT2D eigenvalue weighted by Gasteiger charge is 2.06. The number of pyridine rings is 1. The minimum absolute atomic E-state index is 0.165. The summed E-state index contributed by atoms with van der Waals surface area (Å²) in [7, 11) is 1.56. The van der Waals surface area contributed by atoms with Crippen LogP contribution in [-0.2, 0) is 6.54 Å². The molecule has 25 heavy (non-hydrogen) atoms. The average molecular weight is 335 g/mol. The molecule has 1 amide bonds. The summed E-state index contributed by atoms with van der Waals surface area (Å²) in [6.07, 6.45) is 4.89. The number of nitrogens with zero attached hydrogens (tertiary/aromatic N) is 3. The molecule has 0 bridgehead atoms. The van der Waals surface area contributed by atoms with E-state index in [0.29, 0.717) is 29.6 Å². The van der Waals surface area contributed by atoms with E-state index in [0.717, 1.165) is 5.56 Å². The first kappa shape index (κ1) is 16.4. The van der Waals surface area contributed by atoms with Crippen LogP contribution in [-0.4, -0.2) is 28.0 Å². The average Bonchev–Trinajstić information content (AvgIpc) is 2.67. The Kier molecular flexibility index (Phi) is 5.16. The molecule has 0 atom stereocenters. The van der Waals surface area contributed by atoms with Crippen LogP contribution in [0.5, 0.6) is 5.88 Å². The quantitative estimate of drug-likeness (QED) is 0.720. The van der Waals surface area contributed by atoms with Crippen molar-refractivity contribution < 1.29 is 9.53 Å². The molecule has 3 aromatic rings. The van der Waals surface area contributed by atoms with Crippen molar-refractivity contribution in [3.8, 4) is 5.88 Å². The van der Waals surface area contributed by atoms with Crippen LogP contribution in [0.15, 0.2) is 61.1 Å². The van der Waals surface area contributed by atoms with Gasteiger partial charge in [0.2, 0.25) is 11.8 Å². The molecule has 0 aliphatic carbocycles. The van der Waals surface area contributed by atoms with Gasteiger partial charge >= 0.3 is 0 Å². The largest absolute Gasteiger partial charge is 0.481 e. The number of ether oxygens (including phenoxy) is 1. The van der Waals surface area contributed by atoms with Gasteiger partial charge in [-0.15, -0.1) is 0 Å². The highest BCUT2D eigenvalue weighted by atomic mass is 16.5. The SMILES string of the molecule is COc1ccnc(NCc2ccc(C(=O)Nc3ccncc3)cc2)n1. The first-order valence-corrected chi connectivity index (χ1v) is 7.66. The number of amides is 1. The smallest absolute Gasteiger partial charge is 0.255 e. The number of hydrogen-bond acceptors (Lipinski definition) is 6. The first-order valence-electron chi connectivity index (χ1n) is 7.66. The molecule has 0 saturated carbocycles. The van der Waals surface area contributed by atoms with Crippen LogP contribution in [0.3, 0.4) is 0 Å². The summed E-state index contributed by atoms with van der Waals surface area (Å²) in [6, 6.07) is 12.5. The third kappa shape index (κ3) is 4.51. The minimum Gasteiger partial charge on any atom is -0.481 e. The van der Waals surface area contributed by atoms with E-state index < -0.39 is 0 Å². The van der Waals surface area contributed by atoms with Crippen LogP contribution >= 0.6 is 0 Å². The van der Waals surface area contributed by atoms with Crippen LogP contribution < -0.4 is 15.4 Å². The summed E-state index contributed by atoms with van der Waals surface area (Å²) in [5.74, 6) is 0.821. The number of carbonyl (C=O) groups excluding carboxylic acids is 1. The lowest BCUT2D eigenvalue weighted by molar-refractivity contribution is 0.102. The molecule has 0 aliphatic heterocycles. The zero-order valence-electron chi connectivity index (χ0n) is 13.6. The second kappa shape index (κ2) is 7.87. The van der Waals surface area contributed by atoms with Crippen LogP contribution in [0.2, 0.25) is 0 Å². The molecule has 0 fully saturated rings. The number of hydrogen-bond donors (Lipinski definition) is 2. The summed E-state index contributed by atoms with van der Waals surface area (Å²) in [5.41, 5.74) is 2.30. The van der Waals surface area contributed by atoms with Crippen molar-refractivity contribution in [2.45, 2.75) is 6.54 Å². The normalized spacial score (nSPS) is 10.1. The Morgan fingerprint density at radius 3 is 2.52 bits per heavy atom. The fourth-order valence-corrected chi connectivity index (χ4v) is 2.13. The summed E-state index contributed by atoms with van der Waals surface area (Å²) in [4.78, 5) is 24.4. The third-order valence-electron chi connectivity index (χ3n) is 3.44. The number of rotatable bonds is 6. The van der Waals surface area contributed by atoms with Crippen LogP contribution in [0.4, 0.5) is 11.6 Å². The molecule has 0 spiro atoms. The Morgan fingerprint density at radius 1 is 1.04 bits per heavy atom. The van der Waals surface area contributed by atoms with E-state index in [-0.39, 0.29) is 5.91 Å². The van der Waals surface area contributed by atoms with Gasteiger partial charge in [-0.2, -0.15) is 4.98 Å². The maximum Gasteiger partial charge on any atom is 0.255 e. The van der Waals surface area contributed by atoms with Gasteiger partial charge in [0.25, 0.3) is 5.91 Å². The maximum absolute atomic E-state index is 12.2. The summed E-state index contributed by atoms with van der Waals surface area (Å²) in [6.45, 7) is 0.541. The zero-order valence-corrected chi connectivity index (χ0v) is 13.6. The molecule has 2 aromatic heterocycles. The van der Waals surface area contributed by atoms with Gasteiger partial charge in [0.15, 0.2) is 0 Å². The first-order chi connectivity index (χ1) is 12.2. The van der Waals surface area contributed by atoms with E-state index in [1.165, 1.54) is 0 Å². The summed E-state index contributed by atoms with van der Waals surface area (Å²) < 4.78 is 5.06. The standard InChI is InChI=1S/C18H17N5O2/c1-25-16-8-11-20-18(23-16)21-12-13-2-4-14(5-3-13)17(24)22-15-6-9-19-10-7-15/h2-11H,12H2,1H3,(H,19,22,24)(H,20,21,23). The number of anilines is 2. The molecule has 0 unspecified atom stereocenters. The predicted octanol–water partition coefficient (Wildman–Crippen LogP) is 2.74. The van der Waals surface area contributed by atoms with Gasteiger partial charge in [0.1, 0.15) is 0 Å². The van der Waals surface area contributed by atoms with Crippen molar-refractivity contribution in [3.05, 3.63) is 72.2 Å². The third-order valence-corrected chi connectivity index (χ3v) is 3.44. The fraction of sp³-hybridized carbons (Fsp3) is 0.111. The second-order valence-electron chi connectivity index (χ2n) is 5.16. The molecule has 0 aliphatic rings.